The molecule has 0 spiro atoms. The second-order valence-electron chi connectivity index (χ2n) is 4.67. The molecule has 0 aromatic rings. The molecule has 0 radical (unpaired) electrons. The van der Waals surface area contributed by atoms with Crippen LogP contribution in [-0.4, -0.2) is 58.5 Å². The average molecular weight is 225 g/mol. The maximum absolute atomic E-state index is 5.67. The highest BCUT2D eigenvalue weighted by Gasteiger charge is 2.04. The van der Waals surface area contributed by atoms with Gasteiger partial charge < -0.3 is 9.80 Å². The summed E-state index contributed by atoms with van der Waals surface area (Å²) >= 11 is 5.67. The zero-order valence-electron chi connectivity index (χ0n) is 10.2. The predicted octanol–water partition coefficient (Wildman–Crippen LogP) is 2.17. The van der Waals surface area contributed by atoms with Gasteiger partial charge in [0.25, 0.3) is 0 Å². The van der Waals surface area contributed by atoms with E-state index < -0.39 is 7.38 Å². The fraction of sp³-hybridized carbons (Fsp3) is 1.00. The normalized spacial score (nSPS) is 11.5. The van der Waals surface area contributed by atoms with Gasteiger partial charge in [-0.3, -0.25) is 0 Å². The van der Waals surface area contributed by atoms with Gasteiger partial charge in [-0.1, -0.05) is 19.6 Å². The van der Waals surface area contributed by atoms with Gasteiger partial charge in [-0.15, -0.1) is 0 Å². The third-order valence-corrected chi connectivity index (χ3v) is 0.994. The smallest absolute Gasteiger partial charge is 0.147 e. The van der Waals surface area contributed by atoms with E-state index in [2.05, 4.69) is 57.6 Å². The molecule has 0 unspecified atom stereocenters. The third kappa shape index (κ3) is 45.9. The van der Waals surface area contributed by atoms with Crippen LogP contribution in [0.3, 0.4) is 0 Å². The Balaban J connectivity index is 0. The minimum Gasteiger partial charge on any atom is -0.308 e. The van der Waals surface area contributed by atoms with E-state index in [4.69, 9.17) is 11.1 Å². The number of halogens is 1. The van der Waals surface area contributed by atoms with Gasteiger partial charge >= 0.3 is 0 Å². The van der Waals surface area contributed by atoms with Crippen molar-refractivity contribution in [3.63, 3.8) is 0 Å². The molecule has 0 amide bonds. The number of likely N-dealkylation sites (N-methyl/N-ethyl adjacent to an activating group) is 2. The highest BCUT2D eigenvalue weighted by atomic mass is 35.6. The van der Waals surface area contributed by atoms with E-state index in [1.54, 1.807) is 0 Å². The molecule has 0 heterocycles. The van der Waals surface area contributed by atoms with E-state index in [0.29, 0.717) is 0 Å². The summed E-state index contributed by atoms with van der Waals surface area (Å²) < 4.78 is 0. The van der Waals surface area contributed by atoms with Crippen LogP contribution < -0.4 is 0 Å². The Labute approximate surface area is 89.6 Å². The fourth-order valence-electron chi connectivity index (χ4n) is 0.400. The summed E-state index contributed by atoms with van der Waals surface area (Å²) in [6, 6.07) is 0. The number of hydrogen-bond acceptors (Lipinski definition) is 2. The van der Waals surface area contributed by atoms with Crippen molar-refractivity contribution in [3.05, 3.63) is 0 Å². The molecule has 0 aliphatic rings. The molecular formula is C9H25ClN2Si. The van der Waals surface area contributed by atoms with Crippen LogP contribution in [0.4, 0.5) is 0 Å². The molecule has 4 heteroatoms. The molecule has 0 aliphatic carbocycles. The molecule has 0 saturated heterocycles. The van der Waals surface area contributed by atoms with Gasteiger partial charge in [0.05, 0.1) is 0 Å². The Morgan fingerprint density at radius 1 is 0.846 bits per heavy atom. The minimum absolute atomic E-state index is 1.14. The van der Waals surface area contributed by atoms with Crippen molar-refractivity contribution in [2.24, 2.45) is 0 Å². The van der Waals surface area contributed by atoms with E-state index in [9.17, 15) is 0 Å². The van der Waals surface area contributed by atoms with Gasteiger partial charge in [0.1, 0.15) is 7.38 Å². The molecule has 0 bridgehead atoms. The Kier molecular flexibility index (Phi) is 9.52. The van der Waals surface area contributed by atoms with Gasteiger partial charge in [-0.05, 0) is 28.2 Å². The van der Waals surface area contributed by atoms with Crippen molar-refractivity contribution in [1.29, 1.82) is 0 Å². The summed E-state index contributed by atoms with van der Waals surface area (Å²) in [5.74, 6) is 0. The van der Waals surface area contributed by atoms with Crippen molar-refractivity contribution >= 4 is 18.5 Å². The lowest BCUT2D eigenvalue weighted by atomic mass is 10.5. The monoisotopic (exact) mass is 224 g/mol. The summed E-state index contributed by atoms with van der Waals surface area (Å²) in [4.78, 5) is 4.36. The summed E-state index contributed by atoms with van der Waals surface area (Å²) in [7, 11) is 7.21. The Morgan fingerprint density at radius 2 is 1.00 bits per heavy atom. The highest BCUT2D eigenvalue weighted by molar-refractivity contribution is 7.18. The van der Waals surface area contributed by atoms with E-state index in [-0.39, 0.29) is 0 Å². The minimum atomic E-state index is -1.14. The third-order valence-electron chi connectivity index (χ3n) is 0.994. The SMILES string of the molecule is CN(C)CCN(C)C.C[Si](C)(C)Cl. The van der Waals surface area contributed by atoms with Crippen LogP contribution in [0.25, 0.3) is 0 Å². The molecule has 0 aromatic carbocycles. The molecule has 0 saturated carbocycles. The summed E-state index contributed by atoms with van der Waals surface area (Å²) in [6.07, 6.45) is 0. The first-order chi connectivity index (χ1) is 5.63. The maximum Gasteiger partial charge on any atom is 0.147 e. The quantitative estimate of drug-likeness (QED) is 0.536. The zero-order valence-corrected chi connectivity index (χ0v) is 11.9. The van der Waals surface area contributed by atoms with Gasteiger partial charge in [-0.2, -0.15) is 11.1 Å². The van der Waals surface area contributed by atoms with Crippen LogP contribution in [0.1, 0.15) is 0 Å². The van der Waals surface area contributed by atoms with Crippen molar-refractivity contribution in [1.82, 2.24) is 9.80 Å². The van der Waals surface area contributed by atoms with Crippen molar-refractivity contribution < 1.29 is 0 Å². The second-order valence-corrected chi connectivity index (χ2v) is 12.2. The topological polar surface area (TPSA) is 6.48 Å². The Bertz CT molecular complexity index is 96.7. The van der Waals surface area contributed by atoms with Crippen LogP contribution in [0.5, 0.6) is 0 Å². The van der Waals surface area contributed by atoms with Crippen molar-refractivity contribution in [2.45, 2.75) is 19.6 Å². The van der Waals surface area contributed by atoms with Crippen LogP contribution in [0.15, 0.2) is 0 Å². The van der Waals surface area contributed by atoms with Crippen LogP contribution >= 0.6 is 11.1 Å². The number of rotatable bonds is 3. The molecule has 82 valence electrons. The second kappa shape index (κ2) is 7.80. The maximum atomic E-state index is 5.67. The Morgan fingerprint density at radius 3 is 1.08 bits per heavy atom. The van der Waals surface area contributed by atoms with Crippen LogP contribution in [0, 0.1) is 0 Å². The van der Waals surface area contributed by atoms with Crippen molar-refractivity contribution in [2.75, 3.05) is 41.3 Å². The van der Waals surface area contributed by atoms with E-state index >= 15 is 0 Å². The van der Waals surface area contributed by atoms with Gasteiger partial charge in [-0.25, -0.2) is 0 Å². The van der Waals surface area contributed by atoms with E-state index in [0.717, 1.165) is 13.1 Å². The summed E-state index contributed by atoms with van der Waals surface area (Å²) in [5, 5.41) is 0. The molecule has 2 nitrogen and oxygen atoms in total. The highest BCUT2D eigenvalue weighted by Crippen LogP contribution is 2.03. The summed E-state index contributed by atoms with van der Waals surface area (Å²) in [6.45, 7) is 8.57. The van der Waals surface area contributed by atoms with Gasteiger partial charge in [0.2, 0.25) is 0 Å². The van der Waals surface area contributed by atoms with Crippen LogP contribution in [-0.2, 0) is 0 Å². The predicted molar refractivity (Wildman–Crippen MR) is 66.3 cm³/mol. The lowest BCUT2D eigenvalue weighted by Gasteiger charge is -2.13. The first-order valence-corrected chi connectivity index (χ1v) is 9.12. The molecule has 0 aliphatic heterocycles. The number of nitrogens with zero attached hydrogens (tertiary/aromatic N) is 2. The first-order valence-electron chi connectivity index (χ1n) is 4.61. The lowest BCUT2D eigenvalue weighted by Crippen LogP contribution is -2.25. The van der Waals surface area contributed by atoms with E-state index in [1.165, 1.54) is 0 Å². The van der Waals surface area contributed by atoms with Gasteiger partial charge in [0.15, 0.2) is 0 Å². The fourth-order valence-corrected chi connectivity index (χ4v) is 0.400. The lowest BCUT2D eigenvalue weighted by molar-refractivity contribution is 0.320. The summed E-state index contributed by atoms with van der Waals surface area (Å²) in [5.41, 5.74) is 0. The molecule has 0 N–H and O–H groups in total. The van der Waals surface area contributed by atoms with E-state index in [1.807, 2.05) is 0 Å². The first kappa shape index (κ1) is 15.9. The van der Waals surface area contributed by atoms with Gasteiger partial charge in [0, 0.05) is 13.1 Å². The Hall–Kier alpha value is 0.427. The number of hydrogen-bond donors (Lipinski definition) is 0. The zero-order chi connectivity index (χ0) is 11.1. The molecule has 0 atom stereocenters. The molecule has 13 heavy (non-hydrogen) atoms. The van der Waals surface area contributed by atoms with Crippen molar-refractivity contribution in [3.8, 4) is 0 Å². The molecule has 0 aromatic heterocycles. The van der Waals surface area contributed by atoms with Crippen LogP contribution in [0.2, 0.25) is 19.6 Å². The molecule has 0 fully saturated rings. The molecule has 0 rings (SSSR count). The standard InChI is InChI=1S/C6H16N2.C3H9ClSi/c1-7(2)5-6-8(3)4;1-5(2,3)4/h5-6H2,1-4H3;1-3H3. The average Bonchev–Trinajstić information content (AvgIpc) is 1.79. The largest absolute Gasteiger partial charge is 0.308 e. The molecular weight excluding hydrogens is 200 g/mol.